The van der Waals surface area contributed by atoms with Crippen LogP contribution in [0.4, 0.5) is 13.2 Å². The van der Waals surface area contributed by atoms with Crippen molar-refractivity contribution in [1.29, 1.82) is 0 Å². The number of nitrogens with zero attached hydrogens (tertiary/aromatic N) is 7. The van der Waals surface area contributed by atoms with Crippen molar-refractivity contribution in [1.82, 2.24) is 34.8 Å². The molecule has 1 amide bonds. The van der Waals surface area contributed by atoms with E-state index in [1.54, 1.807) is 17.7 Å². The molecule has 4 heterocycles. The molecule has 3 aromatic rings. The van der Waals surface area contributed by atoms with E-state index in [1.807, 2.05) is 6.92 Å². The predicted molar refractivity (Wildman–Crippen MR) is 99.1 cm³/mol. The molecule has 0 radical (unpaired) electrons. The average Bonchev–Trinajstić information content (AvgIpc) is 3.12. The second-order valence-electron chi connectivity index (χ2n) is 6.79. The maximum atomic E-state index is 13.1. The van der Waals surface area contributed by atoms with Gasteiger partial charge >= 0.3 is 6.18 Å². The van der Waals surface area contributed by atoms with Crippen LogP contribution in [0.15, 0.2) is 24.7 Å². The minimum atomic E-state index is -4.76. The van der Waals surface area contributed by atoms with Gasteiger partial charge in [-0.25, -0.2) is 9.97 Å². The molecule has 3 aromatic heterocycles. The molecule has 0 aromatic carbocycles. The van der Waals surface area contributed by atoms with Gasteiger partial charge in [-0.05, 0) is 19.9 Å². The highest BCUT2D eigenvalue weighted by atomic mass is 35.5. The Bertz CT molecular complexity index is 1130. The van der Waals surface area contributed by atoms with Crippen LogP contribution in [0.1, 0.15) is 46.1 Å². The Morgan fingerprint density at radius 2 is 2.03 bits per heavy atom. The Kier molecular flexibility index (Phi) is 4.92. The number of aryl methyl sites for hydroxylation is 1. The maximum Gasteiger partial charge on any atom is 0.434 e. The van der Waals surface area contributed by atoms with E-state index in [0.717, 1.165) is 17.6 Å². The van der Waals surface area contributed by atoms with Gasteiger partial charge in [0.2, 0.25) is 0 Å². The van der Waals surface area contributed by atoms with E-state index < -0.39 is 28.8 Å². The van der Waals surface area contributed by atoms with Crippen molar-refractivity contribution in [3.05, 3.63) is 58.0 Å². The summed E-state index contributed by atoms with van der Waals surface area (Å²) >= 11 is 5.88. The van der Waals surface area contributed by atoms with Crippen LogP contribution in [0, 0.1) is 6.92 Å². The monoisotopic (exact) mass is 437 g/mol. The van der Waals surface area contributed by atoms with Gasteiger partial charge < -0.3 is 4.90 Å². The topological polar surface area (TPSA) is 89.7 Å². The van der Waals surface area contributed by atoms with Crippen LogP contribution in [0.25, 0.3) is 5.82 Å². The molecule has 1 aliphatic rings. The first-order valence-electron chi connectivity index (χ1n) is 8.94. The number of amides is 1. The summed E-state index contributed by atoms with van der Waals surface area (Å²) in [6, 6.07) is 2.42. The van der Waals surface area contributed by atoms with Crippen molar-refractivity contribution in [2.45, 2.75) is 32.5 Å². The van der Waals surface area contributed by atoms with E-state index in [2.05, 4.69) is 25.3 Å². The minimum Gasteiger partial charge on any atom is -0.330 e. The zero-order valence-corrected chi connectivity index (χ0v) is 16.6. The first kappa shape index (κ1) is 20.2. The molecule has 1 atom stereocenters. The molecule has 8 nitrogen and oxygen atoms in total. The molecule has 0 fully saturated rings. The molecular formula is C18H15ClF3N7O. The van der Waals surface area contributed by atoms with Crippen molar-refractivity contribution in [3.63, 3.8) is 0 Å². The average molecular weight is 438 g/mol. The molecular weight excluding hydrogens is 423 g/mol. The first-order chi connectivity index (χ1) is 14.2. The maximum absolute atomic E-state index is 13.1. The van der Waals surface area contributed by atoms with Gasteiger partial charge in [0.25, 0.3) is 5.91 Å². The Morgan fingerprint density at radius 3 is 2.73 bits per heavy atom. The molecule has 0 saturated heterocycles. The van der Waals surface area contributed by atoms with Gasteiger partial charge in [-0.3, -0.25) is 9.78 Å². The summed E-state index contributed by atoms with van der Waals surface area (Å²) in [5, 5.41) is 7.61. The summed E-state index contributed by atoms with van der Waals surface area (Å²) in [6.07, 6.45) is -2.01. The second-order valence-corrected chi connectivity index (χ2v) is 7.17. The molecule has 1 aliphatic heterocycles. The normalized spacial score (nSPS) is 16.5. The van der Waals surface area contributed by atoms with Crippen LogP contribution >= 0.6 is 11.6 Å². The fraction of sp³-hybridized carbons (Fsp3) is 0.333. The second kappa shape index (κ2) is 7.31. The summed E-state index contributed by atoms with van der Waals surface area (Å²) in [7, 11) is 0. The molecule has 12 heteroatoms. The van der Waals surface area contributed by atoms with Gasteiger partial charge in [0.15, 0.2) is 11.5 Å². The van der Waals surface area contributed by atoms with Gasteiger partial charge in [-0.15, -0.1) is 5.10 Å². The van der Waals surface area contributed by atoms with Crippen molar-refractivity contribution in [2.24, 2.45) is 0 Å². The third-order valence-electron chi connectivity index (χ3n) is 4.90. The largest absolute Gasteiger partial charge is 0.434 e. The van der Waals surface area contributed by atoms with Crippen LogP contribution < -0.4 is 0 Å². The third-order valence-corrected chi connectivity index (χ3v) is 5.28. The van der Waals surface area contributed by atoms with Gasteiger partial charge in [0, 0.05) is 30.9 Å². The van der Waals surface area contributed by atoms with Crippen molar-refractivity contribution in [2.75, 3.05) is 6.54 Å². The van der Waals surface area contributed by atoms with Crippen LogP contribution in [0.3, 0.4) is 0 Å². The number of fused-ring (bicyclic) bond motifs is 1. The van der Waals surface area contributed by atoms with E-state index in [0.29, 0.717) is 17.9 Å². The van der Waals surface area contributed by atoms with Gasteiger partial charge in [0.05, 0.1) is 22.3 Å². The fourth-order valence-electron chi connectivity index (χ4n) is 3.42. The summed E-state index contributed by atoms with van der Waals surface area (Å²) in [6.45, 7) is 3.82. The third kappa shape index (κ3) is 3.38. The van der Waals surface area contributed by atoms with Gasteiger partial charge in [-0.2, -0.15) is 17.9 Å². The summed E-state index contributed by atoms with van der Waals surface area (Å²) < 4.78 is 40.9. The molecule has 156 valence electrons. The SMILES string of the molecule is Cc1cc(-n2nnc3c2CCN(C(=O)c2ccnc(C(F)(F)F)c2Cl)C3C)ncn1. The van der Waals surface area contributed by atoms with Crippen molar-refractivity contribution < 1.29 is 18.0 Å². The smallest absolute Gasteiger partial charge is 0.330 e. The Morgan fingerprint density at radius 1 is 1.27 bits per heavy atom. The van der Waals surface area contributed by atoms with Crippen LogP contribution in [-0.2, 0) is 12.6 Å². The number of pyridine rings is 1. The minimum absolute atomic E-state index is 0.254. The van der Waals surface area contributed by atoms with Crippen LogP contribution in [0.2, 0.25) is 5.02 Å². The molecule has 0 aliphatic carbocycles. The van der Waals surface area contributed by atoms with E-state index >= 15 is 0 Å². The number of carbonyl (C=O) groups is 1. The Hall–Kier alpha value is -3.08. The van der Waals surface area contributed by atoms with E-state index in [-0.39, 0.29) is 12.1 Å². The summed E-state index contributed by atoms with van der Waals surface area (Å²) in [5.74, 6) is -0.0753. The standard InChI is InChI=1S/C18H15ClF3N7O/c1-9-7-13(25-8-24-9)29-12-4-6-28(10(2)15(12)26-27-29)17(30)11-3-5-23-16(14(11)19)18(20,21)22/h3,5,7-8,10H,4,6H2,1-2H3. The number of hydrogen-bond donors (Lipinski definition) is 0. The van der Waals surface area contributed by atoms with Crippen molar-refractivity contribution in [3.8, 4) is 5.82 Å². The Labute approximate surface area is 173 Å². The van der Waals surface area contributed by atoms with Crippen molar-refractivity contribution >= 4 is 17.5 Å². The van der Waals surface area contributed by atoms with E-state index in [9.17, 15) is 18.0 Å². The fourth-order valence-corrected chi connectivity index (χ4v) is 3.72. The van der Waals surface area contributed by atoms with E-state index in [1.165, 1.54) is 17.3 Å². The summed E-state index contributed by atoms with van der Waals surface area (Å²) in [5.41, 5.74) is 0.546. The number of aromatic nitrogens is 6. The number of rotatable bonds is 2. The quantitative estimate of drug-likeness (QED) is 0.611. The highest BCUT2D eigenvalue weighted by molar-refractivity contribution is 6.34. The lowest BCUT2D eigenvalue weighted by molar-refractivity contribution is -0.141. The van der Waals surface area contributed by atoms with E-state index in [4.69, 9.17) is 11.6 Å². The zero-order chi connectivity index (χ0) is 21.6. The molecule has 0 spiro atoms. The van der Waals surface area contributed by atoms with Crippen LogP contribution in [0.5, 0.6) is 0 Å². The van der Waals surface area contributed by atoms with Crippen LogP contribution in [-0.4, -0.2) is 47.3 Å². The van der Waals surface area contributed by atoms with Gasteiger partial charge in [0.1, 0.15) is 12.0 Å². The molecule has 1 unspecified atom stereocenters. The lowest BCUT2D eigenvalue weighted by Gasteiger charge is -2.33. The highest BCUT2D eigenvalue weighted by Gasteiger charge is 2.39. The lowest BCUT2D eigenvalue weighted by atomic mass is 10.0. The summed E-state index contributed by atoms with van der Waals surface area (Å²) in [4.78, 5) is 26.0. The predicted octanol–water partition coefficient (Wildman–Crippen LogP) is 3.19. The first-order valence-corrected chi connectivity index (χ1v) is 9.32. The number of carbonyl (C=O) groups excluding carboxylic acids is 1. The van der Waals surface area contributed by atoms with Gasteiger partial charge in [-0.1, -0.05) is 16.8 Å². The molecule has 4 rings (SSSR count). The molecule has 30 heavy (non-hydrogen) atoms. The molecule has 0 saturated carbocycles. The Balaban J connectivity index is 1.67. The zero-order valence-electron chi connectivity index (χ0n) is 15.9. The highest BCUT2D eigenvalue weighted by Crippen LogP contribution is 2.36. The molecule has 0 N–H and O–H groups in total. The number of alkyl halides is 3. The lowest BCUT2D eigenvalue weighted by Crippen LogP contribution is -2.39. The molecule has 0 bridgehead atoms. The number of halogens is 4. The number of hydrogen-bond acceptors (Lipinski definition) is 6.